The number of halogens is 1. The van der Waals surface area contributed by atoms with Crippen molar-refractivity contribution in [1.82, 2.24) is 9.97 Å². The smallest absolute Gasteiger partial charge is 0.186 e. The average Bonchev–Trinajstić information content (AvgIpc) is 2.45. The molecule has 0 aliphatic heterocycles. The third-order valence-corrected chi connectivity index (χ3v) is 2.78. The molecule has 0 aliphatic carbocycles. The first-order chi connectivity index (χ1) is 9.65. The lowest BCUT2D eigenvalue weighted by Crippen LogP contribution is -2.06. The van der Waals surface area contributed by atoms with E-state index in [0.717, 1.165) is 11.3 Å². The van der Waals surface area contributed by atoms with Gasteiger partial charge in [-0.2, -0.15) is 0 Å². The van der Waals surface area contributed by atoms with Crippen LogP contribution in [0.1, 0.15) is 19.5 Å². The topological polar surface area (TPSA) is 47.0 Å². The molecule has 5 heteroatoms. The van der Waals surface area contributed by atoms with Crippen molar-refractivity contribution in [2.75, 3.05) is 18.5 Å². The molecule has 1 N–H and O–H groups in total. The summed E-state index contributed by atoms with van der Waals surface area (Å²) in [5.74, 6) is 1.13. The standard InChI is InChI=1S/C15H18FN3O/c1-4-17-15-13(16)10(3)18-14(19-15)11-6-8-12(9-7-11)20-5-2/h6-9H,4-5H2,1-3H3,(H,17,18,19). The Morgan fingerprint density at radius 2 is 1.85 bits per heavy atom. The predicted octanol–water partition coefficient (Wildman–Crippen LogP) is 3.42. The molecule has 2 rings (SSSR count). The summed E-state index contributed by atoms with van der Waals surface area (Å²) >= 11 is 0. The molecule has 0 bridgehead atoms. The lowest BCUT2D eigenvalue weighted by molar-refractivity contribution is 0.340. The van der Waals surface area contributed by atoms with Crippen LogP contribution < -0.4 is 10.1 Å². The second kappa shape index (κ2) is 6.32. The Hall–Kier alpha value is -2.17. The molecule has 0 unspecified atom stereocenters. The number of aromatic nitrogens is 2. The number of aryl methyl sites for hydroxylation is 1. The van der Waals surface area contributed by atoms with Gasteiger partial charge in [0.15, 0.2) is 17.5 Å². The highest BCUT2D eigenvalue weighted by molar-refractivity contribution is 5.59. The van der Waals surface area contributed by atoms with Crippen LogP contribution in [0.25, 0.3) is 11.4 Å². The molecule has 106 valence electrons. The lowest BCUT2D eigenvalue weighted by atomic mass is 10.2. The number of rotatable bonds is 5. The highest BCUT2D eigenvalue weighted by Crippen LogP contribution is 2.23. The molecule has 0 saturated carbocycles. The summed E-state index contributed by atoms with van der Waals surface area (Å²) < 4.78 is 19.2. The fourth-order valence-corrected chi connectivity index (χ4v) is 1.84. The van der Waals surface area contributed by atoms with Gasteiger partial charge in [-0.1, -0.05) is 0 Å². The summed E-state index contributed by atoms with van der Waals surface area (Å²) in [4.78, 5) is 8.43. The maximum Gasteiger partial charge on any atom is 0.186 e. The summed E-state index contributed by atoms with van der Waals surface area (Å²) in [6.45, 7) is 6.69. The van der Waals surface area contributed by atoms with Crippen LogP contribution in [0.2, 0.25) is 0 Å². The molecule has 0 atom stereocenters. The number of benzene rings is 1. The highest BCUT2D eigenvalue weighted by Gasteiger charge is 2.12. The highest BCUT2D eigenvalue weighted by atomic mass is 19.1. The van der Waals surface area contributed by atoms with Crippen LogP contribution in [0, 0.1) is 12.7 Å². The number of hydrogen-bond acceptors (Lipinski definition) is 4. The van der Waals surface area contributed by atoms with E-state index in [9.17, 15) is 4.39 Å². The van der Waals surface area contributed by atoms with Crippen LogP contribution in [-0.2, 0) is 0 Å². The maximum absolute atomic E-state index is 13.8. The molecule has 20 heavy (non-hydrogen) atoms. The summed E-state index contributed by atoms with van der Waals surface area (Å²) in [6, 6.07) is 7.45. The zero-order valence-electron chi connectivity index (χ0n) is 11.9. The van der Waals surface area contributed by atoms with E-state index < -0.39 is 5.82 Å². The van der Waals surface area contributed by atoms with Crippen molar-refractivity contribution >= 4 is 5.82 Å². The van der Waals surface area contributed by atoms with E-state index in [1.165, 1.54) is 0 Å². The maximum atomic E-state index is 13.8. The number of anilines is 1. The van der Waals surface area contributed by atoms with Gasteiger partial charge in [0.05, 0.1) is 12.3 Å². The van der Waals surface area contributed by atoms with Gasteiger partial charge in [0.2, 0.25) is 0 Å². The largest absolute Gasteiger partial charge is 0.494 e. The fraction of sp³-hybridized carbons (Fsp3) is 0.333. The second-order valence-electron chi connectivity index (χ2n) is 4.28. The molecule has 0 saturated heterocycles. The third kappa shape index (κ3) is 3.04. The molecular formula is C15H18FN3O. The Morgan fingerprint density at radius 3 is 2.45 bits per heavy atom. The van der Waals surface area contributed by atoms with Crippen LogP contribution in [0.5, 0.6) is 5.75 Å². The summed E-state index contributed by atoms with van der Waals surface area (Å²) in [7, 11) is 0. The monoisotopic (exact) mass is 275 g/mol. The van der Waals surface area contributed by atoms with Crippen LogP contribution >= 0.6 is 0 Å². The number of nitrogens with one attached hydrogen (secondary N) is 1. The van der Waals surface area contributed by atoms with Gasteiger partial charge >= 0.3 is 0 Å². The molecule has 1 heterocycles. The van der Waals surface area contributed by atoms with Crippen molar-refractivity contribution < 1.29 is 9.13 Å². The average molecular weight is 275 g/mol. The minimum absolute atomic E-state index is 0.240. The fourth-order valence-electron chi connectivity index (χ4n) is 1.84. The van der Waals surface area contributed by atoms with Crippen molar-refractivity contribution in [2.45, 2.75) is 20.8 Å². The van der Waals surface area contributed by atoms with Crippen LogP contribution in [-0.4, -0.2) is 23.1 Å². The quantitative estimate of drug-likeness (QED) is 0.908. The number of hydrogen-bond donors (Lipinski definition) is 1. The molecule has 2 aromatic rings. The van der Waals surface area contributed by atoms with Gasteiger partial charge in [0.1, 0.15) is 5.75 Å². The molecular weight excluding hydrogens is 257 g/mol. The molecule has 0 amide bonds. The Kier molecular flexibility index (Phi) is 4.50. The van der Waals surface area contributed by atoms with E-state index in [1.807, 2.05) is 38.1 Å². The van der Waals surface area contributed by atoms with E-state index >= 15 is 0 Å². The molecule has 0 radical (unpaired) electrons. The first-order valence-corrected chi connectivity index (χ1v) is 6.67. The lowest BCUT2D eigenvalue weighted by Gasteiger charge is -2.09. The summed E-state index contributed by atoms with van der Waals surface area (Å²) in [6.07, 6.45) is 0. The summed E-state index contributed by atoms with van der Waals surface area (Å²) in [5.41, 5.74) is 1.16. The Balaban J connectivity index is 2.36. The van der Waals surface area contributed by atoms with Crippen molar-refractivity contribution in [3.63, 3.8) is 0 Å². The molecule has 4 nitrogen and oxygen atoms in total. The number of ether oxygens (including phenoxy) is 1. The normalized spacial score (nSPS) is 10.4. The van der Waals surface area contributed by atoms with E-state index in [4.69, 9.17) is 4.74 Å². The first kappa shape index (κ1) is 14.2. The van der Waals surface area contributed by atoms with Crippen molar-refractivity contribution in [3.05, 3.63) is 35.8 Å². The van der Waals surface area contributed by atoms with Crippen LogP contribution in [0.4, 0.5) is 10.2 Å². The van der Waals surface area contributed by atoms with Gasteiger partial charge in [0, 0.05) is 12.1 Å². The SMILES string of the molecule is CCNc1nc(-c2ccc(OCC)cc2)nc(C)c1F. The van der Waals surface area contributed by atoms with Crippen LogP contribution in [0.15, 0.2) is 24.3 Å². The Morgan fingerprint density at radius 1 is 1.15 bits per heavy atom. The molecule has 0 fully saturated rings. The molecule has 0 aliphatic rings. The minimum Gasteiger partial charge on any atom is -0.494 e. The van der Waals surface area contributed by atoms with Gasteiger partial charge in [-0.3, -0.25) is 0 Å². The second-order valence-corrected chi connectivity index (χ2v) is 4.28. The minimum atomic E-state index is -0.401. The van der Waals surface area contributed by atoms with E-state index in [2.05, 4.69) is 15.3 Å². The molecule has 1 aromatic carbocycles. The van der Waals surface area contributed by atoms with E-state index in [1.54, 1.807) is 6.92 Å². The van der Waals surface area contributed by atoms with Crippen LogP contribution in [0.3, 0.4) is 0 Å². The molecule has 1 aromatic heterocycles. The van der Waals surface area contributed by atoms with Gasteiger partial charge in [-0.15, -0.1) is 0 Å². The van der Waals surface area contributed by atoms with Gasteiger partial charge < -0.3 is 10.1 Å². The zero-order chi connectivity index (χ0) is 14.5. The van der Waals surface area contributed by atoms with Gasteiger partial charge in [-0.25, -0.2) is 14.4 Å². The van der Waals surface area contributed by atoms with Gasteiger partial charge in [0.25, 0.3) is 0 Å². The zero-order valence-corrected chi connectivity index (χ0v) is 11.9. The van der Waals surface area contributed by atoms with Crippen molar-refractivity contribution in [2.24, 2.45) is 0 Å². The number of nitrogens with zero attached hydrogens (tertiary/aromatic N) is 2. The van der Waals surface area contributed by atoms with E-state index in [0.29, 0.717) is 24.7 Å². The first-order valence-electron chi connectivity index (χ1n) is 6.67. The van der Waals surface area contributed by atoms with Gasteiger partial charge in [-0.05, 0) is 45.0 Å². The Labute approximate surface area is 118 Å². The Bertz CT molecular complexity index is 584. The van der Waals surface area contributed by atoms with Crippen molar-refractivity contribution in [1.29, 1.82) is 0 Å². The van der Waals surface area contributed by atoms with E-state index in [-0.39, 0.29) is 5.82 Å². The summed E-state index contributed by atoms with van der Waals surface area (Å²) in [5, 5.41) is 2.91. The molecule has 0 spiro atoms. The predicted molar refractivity (Wildman–Crippen MR) is 77.5 cm³/mol. The third-order valence-electron chi connectivity index (χ3n) is 2.78. The van der Waals surface area contributed by atoms with Crippen molar-refractivity contribution in [3.8, 4) is 17.1 Å².